The summed E-state index contributed by atoms with van der Waals surface area (Å²) in [6, 6.07) is 6.00. The van der Waals surface area contributed by atoms with Gasteiger partial charge < -0.3 is 10.7 Å². The van der Waals surface area contributed by atoms with Crippen LogP contribution in [0.15, 0.2) is 24.4 Å². The van der Waals surface area contributed by atoms with E-state index in [0.717, 1.165) is 60.5 Å². The van der Waals surface area contributed by atoms with E-state index in [2.05, 4.69) is 32.1 Å². The molecule has 1 atom stereocenters. The first kappa shape index (κ1) is 22.3. The molecule has 178 valence electrons. The molecule has 1 saturated heterocycles. The largest absolute Gasteiger partial charge is 0.366 e. The van der Waals surface area contributed by atoms with E-state index in [1.54, 1.807) is 6.07 Å². The second-order valence-corrected chi connectivity index (χ2v) is 8.93. The van der Waals surface area contributed by atoms with Crippen molar-refractivity contribution in [1.29, 1.82) is 0 Å². The Morgan fingerprint density at radius 1 is 1.12 bits per heavy atom. The third kappa shape index (κ3) is 3.98. The van der Waals surface area contributed by atoms with Crippen molar-refractivity contribution >= 4 is 16.8 Å². The molecule has 0 bridgehead atoms. The highest BCUT2D eigenvalue weighted by atomic mass is 16.1. The van der Waals surface area contributed by atoms with E-state index in [-0.39, 0.29) is 0 Å². The van der Waals surface area contributed by atoms with Crippen LogP contribution >= 0.6 is 0 Å². The molecule has 1 fully saturated rings. The van der Waals surface area contributed by atoms with Crippen molar-refractivity contribution in [2.45, 2.75) is 59.2 Å². The molecular weight excluding hydrogens is 430 g/mol. The molecule has 1 amide bonds. The number of piperidine rings is 1. The maximum atomic E-state index is 12.2. The minimum Gasteiger partial charge on any atom is -0.366 e. The van der Waals surface area contributed by atoms with Gasteiger partial charge in [-0.2, -0.15) is 10.2 Å². The predicted molar refractivity (Wildman–Crippen MR) is 130 cm³/mol. The van der Waals surface area contributed by atoms with Crippen LogP contribution in [0.3, 0.4) is 0 Å². The molecule has 5 rings (SSSR count). The van der Waals surface area contributed by atoms with Gasteiger partial charge in [-0.1, -0.05) is 13.3 Å². The molecule has 0 saturated carbocycles. The van der Waals surface area contributed by atoms with Gasteiger partial charge in [-0.3, -0.25) is 19.1 Å². The van der Waals surface area contributed by atoms with E-state index in [0.29, 0.717) is 23.3 Å². The van der Waals surface area contributed by atoms with Gasteiger partial charge in [-0.15, -0.1) is 10.2 Å². The summed E-state index contributed by atoms with van der Waals surface area (Å²) < 4.78 is 3.88. The first-order chi connectivity index (χ1) is 16.5. The number of hydrogen-bond acceptors (Lipinski definition) is 6. The van der Waals surface area contributed by atoms with Crippen LogP contribution in [0.25, 0.3) is 33.8 Å². The maximum absolute atomic E-state index is 12.2. The topological polar surface area (TPSA) is 124 Å². The molecular formula is C24H31N9O. The zero-order valence-corrected chi connectivity index (χ0v) is 20.0. The summed E-state index contributed by atoms with van der Waals surface area (Å²) >= 11 is 0. The third-order valence-corrected chi connectivity index (χ3v) is 6.77. The van der Waals surface area contributed by atoms with Crippen molar-refractivity contribution in [1.82, 2.24) is 39.6 Å². The Bertz CT molecular complexity index is 1330. The summed E-state index contributed by atoms with van der Waals surface area (Å²) in [5.74, 6) is 0.712. The highest BCUT2D eigenvalue weighted by Gasteiger charge is 2.24. The number of rotatable bonds is 7. The SMILES string of the molecule is CCN1CCCC[C@@H]1Cn1ncc2c(-c3nnc(-c4cc(C)nn4CC)[nH]3)cc(C(N)=O)cc21. The molecule has 1 aliphatic heterocycles. The quantitative estimate of drug-likeness (QED) is 0.436. The number of fused-ring (bicyclic) bond motifs is 1. The zero-order valence-electron chi connectivity index (χ0n) is 20.0. The number of likely N-dealkylation sites (N-methyl/N-ethyl adjacent to an activating group) is 1. The number of hydrogen-bond donors (Lipinski definition) is 2. The predicted octanol–water partition coefficient (Wildman–Crippen LogP) is 2.99. The van der Waals surface area contributed by atoms with E-state index in [9.17, 15) is 4.79 Å². The van der Waals surface area contributed by atoms with Crippen LogP contribution in [0, 0.1) is 6.92 Å². The van der Waals surface area contributed by atoms with Crippen LogP contribution < -0.4 is 5.73 Å². The van der Waals surface area contributed by atoms with Gasteiger partial charge >= 0.3 is 0 Å². The van der Waals surface area contributed by atoms with Gasteiger partial charge in [0.25, 0.3) is 0 Å². The standard InChI is InChI=1S/C24H31N9O/c1-4-31-9-7-6-8-17(31)14-33-20-12-16(22(25)34)11-18(19(20)13-26-33)23-27-24(29-28-23)21-10-15(3)30-32(21)5-2/h10-13,17H,4-9,14H2,1-3H3,(H2,25,34)(H,27,28,29)/t17-/m1/s1. The number of benzene rings is 1. The summed E-state index contributed by atoms with van der Waals surface area (Å²) in [6.45, 7) is 9.83. The van der Waals surface area contributed by atoms with E-state index >= 15 is 0 Å². The number of primary amides is 1. The first-order valence-electron chi connectivity index (χ1n) is 12.0. The van der Waals surface area contributed by atoms with E-state index in [1.165, 1.54) is 12.8 Å². The number of aromatic amines is 1. The molecule has 0 aliphatic carbocycles. The van der Waals surface area contributed by atoms with Gasteiger partial charge in [-0.25, -0.2) is 0 Å². The lowest BCUT2D eigenvalue weighted by atomic mass is 10.0. The number of nitrogens with two attached hydrogens (primary N) is 1. The van der Waals surface area contributed by atoms with Crippen molar-refractivity contribution in [3.8, 4) is 22.9 Å². The van der Waals surface area contributed by atoms with Crippen molar-refractivity contribution in [3.63, 3.8) is 0 Å². The van der Waals surface area contributed by atoms with Gasteiger partial charge in [0.15, 0.2) is 11.6 Å². The molecule has 4 aromatic rings. The number of aryl methyl sites for hydroxylation is 2. The molecule has 10 heteroatoms. The Morgan fingerprint density at radius 2 is 1.94 bits per heavy atom. The van der Waals surface area contributed by atoms with Crippen LogP contribution in [0.5, 0.6) is 0 Å². The van der Waals surface area contributed by atoms with Crippen LogP contribution in [0.1, 0.15) is 49.2 Å². The van der Waals surface area contributed by atoms with Gasteiger partial charge in [0.05, 0.1) is 24.0 Å². The lowest BCUT2D eigenvalue weighted by Crippen LogP contribution is -2.42. The third-order valence-electron chi connectivity index (χ3n) is 6.77. The average molecular weight is 462 g/mol. The number of carbonyl (C=O) groups excluding carboxylic acids is 1. The number of carbonyl (C=O) groups is 1. The Kier molecular flexibility index (Phi) is 5.91. The van der Waals surface area contributed by atoms with Gasteiger partial charge in [0, 0.05) is 29.1 Å². The van der Waals surface area contributed by atoms with Crippen molar-refractivity contribution in [2.24, 2.45) is 5.73 Å². The molecule has 0 unspecified atom stereocenters. The summed E-state index contributed by atoms with van der Waals surface area (Å²) in [6.07, 6.45) is 5.46. The monoisotopic (exact) mass is 461 g/mol. The Morgan fingerprint density at radius 3 is 2.71 bits per heavy atom. The fourth-order valence-corrected chi connectivity index (χ4v) is 5.02. The minimum absolute atomic E-state index is 0.424. The molecule has 34 heavy (non-hydrogen) atoms. The lowest BCUT2D eigenvalue weighted by molar-refractivity contribution is 0.100. The Balaban J connectivity index is 1.57. The summed E-state index contributed by atoms with van der Waals surface area (Å²) in [5.41, 5.74) is 9.54. The summed E-state index contributed by atoms with van der Waals surface area (Å²) in [7, 11) is 0. The maximum Gasteiger partial charge on any atom is 0.248 e. The van der Waals surface area contributed by atoms with Crippen LogP contribution in [0.4, 0.5) is 0 Å². The molecule has 3 aromatic heterocycles. The number of likely N-dealkylation sites (tertiary alicyclic amines) is 1. The summed E-state index contributed by atoms with van der Waals surface area (Å²) in [4.78, 5) is 18.0. The lowest BCUT2D eigenvalue weighted by Gasteiger charge is -2.34. The van der Waals surface area contributed by atoms with Crippen molar-refractivity contribution in [2.75, 3.05) is 13.1 Å². The van der Waals surface area contributed by atoms with Crippen molar-refractivity contribution in [3.05, 3.63) is 35.7 Å². The molecule has 0 radical (unpaired) electrons. The number of nitrogens with one attached hydrogen (secondary N) is 1. The van der Waals surface area contributed by atoms with Crippen LogP contribution in [-0.2, 0) is 13.1 Å². The average Bonchev–Trinajstić information content (AvgIpc) is 3.57. The van der Waals surface area contributed by atoms with Gasteiger partial charge in [-0.05, 0) is 58.0 Å². The Hall–Kier alpha value is -3.53. The van der Waals surface area contributed by atoms with Crippen LogP contribution in [-0.4, -0.2) is 64.7 Å². The van der Waals surface area contributed by atoms with Crippen molar-refractivity contribution < 1.29 is 4.79 Å². The molecule has 3 N–H and O–H groups in total. The van der Waals surface area contributed by atoms with E-state index < -0.39 is 5.91 Å². The second-order valence-electron chi connectivity index (χ2n) is 8.93. The van der Waals surface area contributed by atoms with Gasteiger partial charge in [0.2, 0.25) is 5.91 Å². The fraction of sp³-hybridized carbons (Fsp3) is 0.458. The number of H-pyrrole nitrogens is 1. The molecule has 0 spiro atoms. The van der Waals surface area contributed by atoms with E-state index in [4.69, 9.17) is 10.8 Å². The zero-order chi connectivity index (χ0) is 23.8. The molecule has 1 aliphatic rings. The normalized spacial score (nSPS) is 17.0. The van der Waals surface area contributed by atoms with E-state index in [1.807, 2.05) is 41.5 Å². The number of aromatic nitrogens is 7. The fourth-order valence-electron chi connectivity index (χ4n) is 5.02. The summed E-state index contributed by atoms with van der Waals surface area (Å²) in [5, 5.41) is 18.9. The highest BCUT2D eigenvalue weighted by Crippen LogP contribution is 2.30. The minimum atomic E-state index is -0.483. The first-order valence-corrected chi connectivity index (χ1v) is 12.0. The van der Waals surface area contributed by atoms with Crippen LogP contribution in [0.2, 0.25) is 0 Å². The molecule has 10 nitrogen and oxygen atoms in total. The second kappa shape index (κ2) is 9.02. The number of nitrogens with zero attached hydrogens (tertiary/aromatic N) is 7. The molecule has 4 heterocycles. The smallest absolute Gasteiger partial charge is 0.248 e. The van der Waals surface area contributed by atoms with Gasteiger partial charge in [0.1, 0.15) is 5.69 Å². The highest BCUT2D eigenvalue weighted by molar-refractivity contribution is 6.02. The number of amides is 1. The molecule has 1 aromatic carbocycles. The Labute approximate surface area is 198 Å².